The summed E-state index contributed by atoms with van der Waals surface area (Å²) >= 11 is 1.13. The molecule has 0 bridgehead atoms. The molecule has 6 heteroatoms. The van der Waals surface area contributed by atoms with E-state index in [1.807, 2.05) is 11.8 Å². The highest BCUT2D eigenvalue weighted by Crippen LogP contribution is 2.25. The average molecular weight is 348 g/mol. The normalized spacial score (nSPS) is 15.3. The highest BCUT2D eigenvalue weighted by atomic mass is 32.1. The van der Waals surface area contributed by atoms with E-state index >= 15 is 0 Å². The van der Waals surface area contributed by atoms with Crippen molar-refractivity contribution in [3.8, 4) is 11.3 Å². The number of nitrogens with zero attached hydrogens (tertiary/aromatic N) is 2. The van der Waals surface area contributed by atoms with Crippen molar-refractivity contribution in [1.82, 2.24) is 9.47 Å². The van der Waals surface area contributed by atoms with Gasteiger partial charge < -0.3 is 4.90 Å². The Hall–Kier alpha value is -1.95. The Balaban J connectivity index is 1.89. The molecule has 1 aliphatic rings. The van der Waals surface area contributed by atoms with Crippen molar-refractivity contribution in [2.75, 3.05) is 13.1 Å². The number of carbonyl (C=O) groups is 1. The lowest BCUT2D eigenvalue weighted by Gasteiger charge is -2.21. The van der Waals surface area contributed by atoms with Crippen molar-refractivity contribution in [2.45, 2.75) is 39.2 Å². The first-order chi connectivity index (χ1) is 11.6. The van der Waals surface area contributed by atoms with E-state index in [-0.39, 0.29) is 23.1 Å². The van der Waals surface area contributed by atoms with E-state index in [2.05, 4.69) is 0 Å². The molecule has 3 rings (SSSR count). The summed E-state index contributed by atoms with van der Waals surface area (Å²) in [6.45, 7) is 3.44. The number of aryl methyl sites for hydroxylation is 1. The molecule has 1 aliphatic heterocycles. The maximum absolute atomic E-state index is 13.2. The Morgan fingerprint density at radius 1 is 1.12 bits per heavy atom. The van der Waals surface area contributed by atoms with Crippen LogP contribution in [0.5, 0.6) is 0 Å². The van der Waals surface area contributed by atoms with Crippen molar-refractivity contribution in [3.05, 3.63) is 44.6 Å². The summed E-state index contributed by atoms with van der Waals surface area (Å²) in [6.07, 6.45) is 4.35. The molecule has 0 atom stereocenters. The maximum Gasteiger partial charge on any atom is 0.308 e. The van der Waals surface area contributed by atoms with Crippen LogP contribution < -0.4 is 4.87 Å². The van der Waals surface area contributed by atoms with Crippen LogP contribution in [0.15, 0.2) is 29.1 Å². The molecule has 1 aromatic heterocycles. The number of aromatic nitrogens is 1. The summed E-state index contributed by atoms with van der Waals surface area (Å²) in [5.74, 6) is -0.332. The molecule has 0 spiro atoms. The largest absolute Gasteiger partial charge is 0.341 e. The lowest BCUT2D eigenvalue weighted by Crippen LogP contribution is -2.36. The van der Waals surface area contributed by atoms with Gasteiger partial charge in [0, 0.05) is 18.0 Å². The molecule has 1 aromatic carbocycles. The first-order valence-electron chi connectivity index (χ1n) is 8.30. The smallest absolute Gasteiger partial charge is 0.308 e. The van der Waals surface area contributed by atoms with Crippen LogP contribution in [0.25, 0.3) is 11.3 Å². The number of hydrogen-bond donors (Lipinski definition) is 0. The molecule has 0 saturated carbocycles. The minimum atomic E-state index is -0.318. The first-order valence-corrected chi connectivity index (χ1v) is 9.12. The monoisotopic (exact) mass is 348 g/mol. The standard InChI is InChI=1S/C18H21FN2O2S/c1-13-17(14-6-8-15(19)9-7-14)21(18(23)24-13)12-16(22)20-10-4-2-3-5-11-20/h6-9H,2-5,10-12H2,1H3. The molecule has 4 nitrogen and oxygen atoms in total. The fourth-order valence-electron chi connectivity index (χ4n) is 3.18. The molecule has 1 amide bonds. The molecular formula is C18H21FN2O2S. The topological polar surface area (TPSA) is 42.3 Å². The Labute approximate surface area is 144 Å². The second-order valence-corrected chi connectivity index (χ2v) is 7.33. The van der Waals surface area contributed by atoms with Gasteiger partial charge in [-0.25, -0.2) is 4.39 Å². The summed E-state index contributed by atoms with van der Waals surface area (Å²) in [5.41, 5.74) is 1.48. The summed E-state index contributed by atoms with van der Waals surface area (Å²) in [6, 6.07) is 6.04. The van der Waals surface area contributed by atoms with Crippen molar-refractivity contribution in [2.24, 2.45) is 0 Å². The van der Waals surface area contributed by atoms with Crippen LogP contribution in [0, 0.1) is 12.7 Å². The summed E-state index contributed by atoms with van der Waals surface area (Å²) in [7, 11) is 0. The number of carbonyl (C=O) groups excluding carboxylic acids is 1. The number of benzene rings is 1. The second kappa shape index (κ2) is 7.30. The van der Waals surface area contributed by atoms with E-state index in [0.29, 0.717) is 5.69 Å². The zero-order valence-electron chi connectivity index (χ0n) is 13.8. The van der Waals surface area contributed by atoms with E-state index in [1.165, 1.54) is 16.7 Å². The third kappa shape index (κ3) is 3.59. The lowest BCUT2D eigenvalue weighted by atomic mass is 10.1. The first kappa shape index (κ1) is 16.9. The highest BCUT2D eigenvalue weighted by Gasteiger charge is 2.20. The summed E-state index contributed by atoms with van der Waals surface area (Å²) < 4.78 is 14.7. The maximum atomic E-state index is 13.2. The predicted octanol–water partition coefficient (Wildman–Crippen LogP) is 3.43. The van der Waals surface area contributed by atoms with Gasteiger partial charge in [-0.2, -0.15) is 0 Å². The molecular weight excluding hydrogens is 327 g/mol. The van der Waals surface area contributed by atoms with Crippen LogP contribution in [-0.2, 0) is 11.3 Å². The Kier molecular flexibility index (Phi) is 5.14. The molecule has 2 aromatic rings. The van der Waals surface area contributed by atoms with Gasteiger partial charge >= 0.3 is 4.87 Å². The van der Waals surface area contributed by atoms with E-state index in [9.17, 15) is 14.0 Å². The zero-order valence-corrected chi connectivity index (χ0v) is 14.6. The van der Waals surface area contributed by atoms with Crippen LogP contribution in [0.2, 0.25) is 0 Å². The van der Waals surface area contributed by atoms with Crippen LogP contribution >= 0.6 is 11.3 Å². The van der Waals surface area contributed by atoms with Gasteiger partial charge in [0.15, 0.2) is 0 Å². The van der Waals surface area contributed by atoms with E-state index in [1.54, 1.807) is 12.1 Å². The summed E-state index contributed by atoms with van der Waals surface area (Å²) in [5, 5.41) is 0. The summed E-state index contributed by atoms with van der Waals surface area (Å²) in [4.78, 5) is 27.5. The minimum Gasteiger partial charge on any atom is -0.341 e. The number of halogens is 1. The van der Waals surface area contributed by atoms with Crippen LogP contribution in [-0.4, -0.2) is 28.5 Å². The van der Waals surface area contributed by atoms with Gasteiger partial charge in [-0.3, -0.25) is 14.2 Å². The van der Waals surface area contributed by atoms with Gasteiger partial charge in [0.1, 0.15) is 12.4 Å². The lowest BCUT2D eigenvalue weighted by molar-refractivity contribution is -0.131. The van der Waals surface area contributed by atoms with Crippen LogP contribution in [0.4, 0.5) is 4.39 Å². The molecule has 0 radical (unpaired) electrons. The van der Waals surface area contributed by atoms with Gasteiger partial charge in [-0.15, -0.1) is 0 Å². The quantitative estimate of drug-likeness (QED) is 0.853. The van der Waals surface area contributed by atoms with Crippen LogP contribution in [0.3, 0.4) is 0 Å². The number of hydrogen-bond acceptors (Lipinski definition) is 3. The fourth-order valence-corrected chi connectivity index (χ4v) is 4.03. The number of likely N-dealkylation sites (tertiary alicyclic amines) is 1. The molecule has 1 fully saturated rings. The zero-order chi connectivity index (χ0) is 17.1. The predicted molar refractivity (Wildman–Crippen MR) is 93.8 cm³/mol. The van der Waals surface area contributed by atoms with E-state index in [4.69, 9.17) is 0 Å². The molecule has 2 heterocycles. The fraction of sp³-hybridized carbons (Fsp3) is 0.444. The van der Waals surface area contributed by atoms with Crippen molar-refractivity contribution < 1.29 is 9.18 Å². The third-order valence-corrected chi connectivity index (χ3v) is 5.33. The van der Waals surface area contributed by atoms with Gasteiger partial charge in [-0.1, -0.05) is 24.2 Å². The van der Waals surface area contributed by atoms with Crippen molar-refractivity contribution >= 4 is 17.2 Å². The molecule has 128 valence electrons. The van der Waals surface area contributed by atoms with Gasteiger partial charge in [0.2, 0.25) is 5.91 Å². The average Bonchev–Trinajstić information content (AvgIpc) is 2.76. The van der Waals surface area contributed by atoms with E-state index in [0.717, 1.165) is 60.6 Å². The van der Waals surface area contributed by atoms with Crippen LogP contribution in [0.1, 0.15) is 30.6 Å². The molecule has 0 unspecified atom stereocenters. The molecule has 0 aliphatic carbocycles. The van der Waals surface area contributed by atoms with Gasteiger partial charge in [0.05, 0.1) is 5.69 Å². The molecule has 24 heavy (non-hydrogen) atoms. The SMILES string of the molecule is Cc1sc(=O)n(CC(=O)N2CCCCCC2)c1-c1ccc(F)cc1. The number of amides is 1. The Morgan fingerprint density at radius 2 is 1.75 bits per heavy atom. The Morgan fingerprint density at radius 3 is 2.38 bits per heavy atom. The minimum absolute atomic E-state index is 0.0137. The molecule has 0 N–H and O–H groups in total. The van der Waals surface area contributed by atoms with Gasteiger partial charge in [-0.05, 0) is 49.6 Å². The number of thiazole rings is 1. The van der Waals surface area contributed by atoms with E-state index < -0.39 is 0 Å². The number of rotatable bonds is 3. The Bertz CT molecular complexity index is 771. The van der Waals surface area contributed by atoms with Gasteiger partial charge in [0.25, 0.3) is 0 Å². The molecule has 1 saturated heterocycles. The van der Waals surface area contributed by atoms with Crippen molar-refractivity contribution in [3.63, 3.8) is 0 Å². The second-order valence-electron chi connectivity index (χ2n) is 6.16. The third-order valence-electron chi connectivity index (χ3n) is 4.43. The highest BCUT2D eigenvalue weighted by molar-refractivity contribution is 7.09. The van der Waals surface area contributed by atoms with Crippen molar-refractivity contribution in [1.29, 1.82) is 0 Å².